The van der Waals surface area contributed by atoms with Gasteiger partial charge in [0.1, 0.15) is 28.5 Å². The lowest BCUT2D eigenvalue weighted by molar-refractivity contribution is -0.127. The van der Waals surface area contributed by atoms with Gasteiger partial charge in [0.2, 0.25) is 11.8 Å². The number of hydrazone groups is 1. The molecule has 4 aromatic rings. The largest absolute Gasteiger partial charge is 0.457 e. The second-order valence-corrected chi connectivity index (χ2v) is 19.4. The number of hydrogen-bond acceptors (Lipinski definition) is 8. The topological polar surface area (TPSA) is 126 Å². The van der Waals surface area contributed by atoms with Gasteiger partial charge in [-0.25, -0.2) is 0 Å². The molecule has 3 atom stereocenters. The molecule has 6 rings (SSSR count). The minimum Gasteiger partial charge on any atom is -0.457 e. The summed E-state index contributed by atoms with van der Waals surface area (Å²) in [5, 5.41) is 18.6. The Kier molecular flexibility index (Phi) is 11.5. The van der Waals surface area contributed by atoms with E-state index in [4.69, 9.17) is 9.47 Å². The molecule has 11 heteroatoms. The second kappa shape index (κ2) is 15.9. The van der Waals surface area contributed by atoms with E-state index in [0.717, 1.165) is 34.1 Å². The first-order valence-electron chi connectivity index (χ1n) is 16.8. The van der Waals surface area contributed by atoms with Crippen molar-refractivity contribution < 1.29 is 19.1 Å². The summed E-state index contributed by atoms with van der Waals surface area (Å²) in [4.78, 5) is 24.9. The van der Waals surface area contributed by atoms with E-state index in [1.807, 2.05) is 123 Å². The summed E-state index contributed by atoms with van der Waals surface area (Å²) >= 11 is 0. The maximum atomic E-state index is 12.7. The molecule has 0 saturated carbocycles. The normalized spacial score (nSPS) is 20.6. The van der Waals surface area contributed by atoms with Crippen LogP contribution in [0.25, 0.3) is 0 Å². The quantitative estimate of drug-likeness (QED) is 0.139. The number of carbonyl (C=O) groups excluding carboxylic acids is 2. The maximum absolute atomic E-state index is 12.7. The summed E-state index contributed by atoms with van der Waals surface area (Å²) in [5.74, 6) is 2.93. The number of azo groups is 1. The van der Waals surface area contributed by atoms with Gasteiger partial charge in [0.05, 0.1) is 13.7 Å². The number of nitrogens with one attached hydrogen (secondary N) is 3. The Labute approximate surface area is 295 Å². The highest BCUT2D eigenvalue weighted by Crippen LogP contribution is 2.32. The Balaban J connectivity index is 0.000000197. The summed E-state index contributed by atoms with van der Waals surface area (Å²) in [5.41, 5.74) is 3.60. The number of benzene rings is 4. The molecule has 2 aliphatic heterocycles. The first-order valence-corrected chi connectivity index (χ1v) is 20.4. The highest BCUT2D eigenvalue weighted by Gasteiger charge is 2.44. The standard InChI is InChI=1S/C21H27N3O2Si.C18H19N3O2/c1-21(14-19(23-24-21)27(2,3)4)20(25)22-15-16-9-8-12-18(13-16)26-17-10-6-5-7-11-17;1-18(10-11-20-21-18)17(22)19-13-14-6-5-9-16(12-14)23-15-7-3-2-4-8-15/h5-13,19H,14-15H2,1-4H3,(H,22,25);2-9,11-12,21H,10,13H2,1H3,(H,19,22). The van der Waals surface area contributed by atoms with E-state index in [1.165, 1.54) is 0 Å². The molecule has 3 N–H and O–H groups in total. The molecule has 2 aliphatic rings. The fourth-order valence-electron chi connectivity index (χ4n) is 5.32. The van der Waals surface area contributed by atoms with Gasteiger partial charge in [0.25, 0.3) is 0 Å². The molecule has 0 saturated heterocycles. The molecule has 0 radical (unpaired) electrons. The van der Waals surface area contributed by atoms with Crippen molar-refractivity contribution in [1.29, 1.82) is 0 Å². The van der Waals surface area contributed by atoms with Crippen molar-refractivity contribution in [1.82, 2.24) is 16.1 Å². The van der Waals surface area contributed by atoms with Crippen LogP contribution in [-0.4, -0.2) is 42.8 Å². The van der Waals surface area contributed by atoms with Gasteiger partial charge in [0.15, 0.2) is 5.54 Å². The van der Waals surface area contributed by atoms with E-state index in [1.54, 1.807) is 6.21 Å². The summed E-state index contributed by atoms with van der Waals surface area (Å²) in [6.45, 7) is 11.4. The zero-order valence-corrected chi connectivity index (χ0v) is 30.4. The molecule has 2 amide bonds. The van der Waals surface area contributed by atoms with Gasteiger partial charge in [-0.3, -0.25) is 15.0 Å². The van der Waals surface area contributed by atoms with Crippen molar-refractivity contribution in [3.63, 3.8) is 0 Å². The van der Waals surface area contributed by atoms with Crippen molar-refractivity contribution in [3.8, 4) is 23.0 Å². The van der Waals surface area contributed by atoms with Crippen LogP contribution in [0, 0.1) is 0 Å². The number of ether oxygens (including phenoxy) is 2. The molecule has 3 unspecified atom stereocenters. The van der Waals surface area contributed by atoms with Gasteiger partial charge < -0.3 is 20.1 Å². The Morgan fingerprint density at radius 2 is 1.24 bits per heavy atom. The first kappa shape index (κ1) is 36.0. The lowest BCUT2D eigenvalue weighted by Crippen LogP contribution is -2.50. The highest BCUT2D eigenvalue weighted by atomic mass is 28.3. The third-order valence-corrected chi connectivity index (χ3v) is 10.9. The molecule has 2 heterocycles. The second-order valence-electron chi connectivity index (χ2n) is 14.0. The molecule has 4 aromatic carbocycles. The average molecular weight is 691 g/mol. The molecule has 50 heavy (non-hydrogen) atoms. The van der Waals surface area contributed by atoms with Crippen molar-refractivity contribution in [2.75, 3.05) is 0 Å². The minimum absolute atomic E-state index is 0.0654. The molecule has 0 fully saturated rings. The van der Waals surface area contributed by atoms with Crippen LogP contribution >= 0.6 is 0 Å². The summed E-state index contributed by atoms with van der Waals surface area (Å²) in [6.07, 6.45) is 3.01. The van der Waals surface area contributed by atoms with E-state index in [2.05, 4.69) is 51.0 Å². The Hall–Kier alpha value is -5.29. The van der Waals surface area contributed by atoms with Crippen LogP contribution in [0.15, 0.2) is 125 Å². The molecule has 0 spiro atoms. The predicted molar refractivity (Wildman–Crippen MR) is 199 cm³/mol. The number of para-hydroxylation sites is 2. The van der Waals surface area contributed by atoms with Crippen LogP contribution in [-0.2, 0) is 22.7 Å². The summed E-state index contributed by atoms with van der Waals surface area (Å²) in [7, 11) is -1.45. The van der Waals surface area contributed by atoms with E-state index < -0.39 is 19.2 Å². The van der Waals surface area contributed by atoms with Gasteiger partial charge in [-0.2, -0.15) is 15.3 Å². The first-order chi connectivity index (χ1) is 23.9. The summed E-state index contributed by atoms with van der Waals surface area (Å²) < 4.78 is 11.7. The van der Waals surface area contributed by atoms with Crippen molar-refractivity contribution >= 4 is 26.1 Å². The number of rotatable bonds is 11. The number of hydrogen-bond donors (Lipinski definition) is 3. The smallest absolute Gasteiger partial charge is 0.249 e. The molecule has 0 bridgehead atoms. The van der Waals surface area contributed by atoms with E-state index in [0.29, 0.717) is 25.9 Å². The Morgan fingerprint density at radius 3 is 1.70 bits per heavy atom. The van der Waals surface area contributed by atoms with Gasteiger partial charge in [0, 0.05) is 32.1 Å². The highest BCUT2D eigenvalue weighted by molar-refractivity contribution is 6.77. The predicted octanol–water partition coefficient (Wildman–Crippen LogP) is 7.79. The monoisotopic (exact) mass is 690 g/mol. The number of amides is 2. The minimum atomic E-state index is -1.45. The van der Waals surface area contributed by atoms with Crippen LogP contribution in [0.2, 0.25) is 19.6 Å². The maximum Gasteiger partial charge on any atom is 0.249 e. The fourth-order valence-corrected chi connectivity index (χ4v) is 6.73. The van der Waals surface area contributed by atoms with Crippen LogP contribution < -0.4 is 25.5 Å². The Bertz CT molecular complexity index is 1800. The van der Waals surface area contributed by atoms with Crippen molar-refractivity contribution in [3.05, 3.63) is 120 Å². The van der Waals surface area contributed by atoms with E-state index in [-0.39, 0.29) is 17.5 Å². The van der Waals surface area contributed by atoms with Crippen LogP contribution in [0.4, 0.5) is 0 Å². The lowest BCUT2D eigenvalue weighted by atomic mass is 9.99. The van der Waals surface area contributed by atoms with Gasteiger partial charge in [-0.05, 0) is 73.5 Å². The van der Waals surface area contributed by atoms with Crippen LogP contribution in [0.1, 0.15) is 37.8 Å². The molecule has 0 aliphatic carbocycles. The number of carbonyl (C=O) groups is 2. The third-order valence-electron chi connectivity index (χ3n) is 8.56. The van der Waals surface area contributed by atoms with Gasteiger partial charge >= 0.3 is 0 Å². The zero-order valence-electron chi connectivity index (χ0n) is 29.4. The van der Waals surface area contributed by atoms with Crippen LogP contribution in [0.3, 0.4) is 0 Å². The van der Waals surface area contributed by atoms with Crippen LogP contribution in [0.5, 0.6) is 23.0 Å². The zero-order chi connectivity index (χ0) is 35.6. The molecule has 10 nitrogen and oxygen atoms in total. The van der Waals surface area contributed by atoms with E-state index >= 15 is 0 Å². The van der Waals surface area contributed by atoms with E-state index in [9.17, 15) is 9.59 Å². The lowest BCUT2D eigenvalue weighted by Gasteiger charge is -2.24. The average Bonchev–Trinajstić information content (AvgIpc) is 3.75. The third kappa shape index (κ3) is 9.88. The molecule has 260 valence electrons. The van der Waals surface area contributed by atoms with Gasteiger partial charge in [-0.15, -0.1) is 0 Å². The SMILES string of the molecule is CC1(C(=O)NCc2cccc(Oc3ccccc3)c2)CC([Si](C)(C)C)N=N1.CC1(C(=O)NCc2cccc(Oc3ccccc3)c2)CC=NN1. The van der Waals surface area contributed by atoms with Crippen molar-refractivity contribution in [2.45, 2.75) is 76.2 Å². The van der Waals surface area contributed by atoms with Gasteiger partial charge in [-0.1, -0.05) is 80.3 Å². The summed E-state index contributed by atoms with van der Waals surface area (Å²) in [6, 6.07) is 34.7. The number of nitrogens with zero attached hydrogens (tertiary/aromatic N) is 3. The fraction of sp³-hybridized carbons (Fsp3) is 0.308. The molecular weight excluding hydrogens is 645 g/mol. The molecular formula is C39H46N6O4Si. The van der Waals surface area contributed by atoms with Crippen molar-refractivity contribution in [2.24, 2.45) is 15.3 Å². The molecule has 0 aromatic heterocycles. The Morgan fingerprint density at radius 1 is 0.740 bits per heavy atom.